The van der Waals surface area contributed by atoms with Crippen LogP contribution in [0.4, 0.5) is 0 Å². The van der Waals surface area contributed by atoms with Crippen molar-refractivity contribution in [2.45, 2.75) is 20.4 Å². The molecule has 3 aromatic heterocycles. The van der Waals surface area contributed by atoms with E-state index >= 15 is 0 Å². The number of aryl methyl sites for hydroxylation is 2. The van der Waals surface area contributed by atoms with Gasteiger partial charge in [-0.1, -0.05) is 35.5 Å². The fourth-order valence-electron chi connectivity index (χ4n) is 2.76. The molecule has 0 aliphatic heterocycles. The van der Waals surface area contributed by atoms with Gasteiger partial charge in [0.1, 0.15) is 5.01 Å². The Morgan fingerprint density at radius 2 is 2.00 bits per heavy atom. The predicted molar refractivity (Wildman–Crippen MR) is 100.0 cm³/mol. The Hall–Kier alpha value is -3.06. The number of hydrogen-bond acceptors (Lipinski definition) is 6. The minimum Gasteiger partial charge on any atom is -0.346 e. The second kappa shape index (κ2) is 6.68. The maximum absolute atomic E-state index is 12.7. The number of carbonyl (C=O) groups excluding carboxylic acids is 1. The predicted octanol–water partition coefficient (Wildman–Crippen LogP) is 3.89. The molecule has 1 amide bonds. The molecule has 0 atom stereocenters. The van der Waals surface area contributed by atoms with Gasteiger partial charge >= 0.3 is 0 Å². The average molecular weight is 364 g/mol. The second-order valence-corrected chi connectivity index (χ2v) is 6.81. The number of nitrogens with one attached hydrogen (secondary N) is 1. The maximum atomic E-state index is 12.7. The van der Waals surface area contributed by atoms with E-state index in [1.54, 1.807) is 24.3 Å². The number of fused-ring (bicyclic) bond motifs is 1. The lowest BCUT2D eigenvalue weighted by Crippen LogP contribution is -2.23. The van der Waals surface area contributed by atoms with E-state index in [9.17, 15) is 4.79 Å². The smallest absolute Gasteiger partial charge is 0.258 e. The van der Waals surface area contributed by atoms with Crippen molar-refractivity contribution < 1.29 is 9.32 Å². The number of hydrogen-bond donors (Lipinski definition) is 1. The molecule has 0 unspecified atom stereocenters. The Labute approximate surface area is 153 Å². The molecule has 0 spiro atoms. The van der Waals surface area contributed by atoms with E-state index in [1.165, 1.54) is 0 Å². The average Bonchev–Trinajstić information content (AvgIpc) is 3.27. The van der Waals surface area contributed by atoms with Crippen molar-refractivity contribution in [3.8, 4) is 10.6 Å². The number of amides is 1. The second-order valence-electron chi connectivity index (χ2n) is 5.95. The Morgan fingerprint density at radius 1 is 1.19 bits per heavy atom. The van der Waals surface area contributed by atoms with Gasteiger partial charge in [0.05, 0.1) is 28.9 Å². The molecule has 1 N–H and O–H groups in total. The zero-order chi connectivity index (χ0) is 18.1. The van der Waals surface area contributed by atoms with Gasteiger partial charge in [-0.25, -0.2) is 9.97 Å². The lowest BCUT2D eigenvalue weighted by molar-refractivity contribution is 0.0952. The first-order valence-electron chi connectivity index (χ1n) is 8.13. The molecule has 4 aromatic rings. The van der Waals surface area contributed by atoms with Crippen LogP contribution in [0, 0.1) is 13.8 Å². The number of thiazole rings is 1. The molecule has 0 aliphatic rings. The number of aromatic nitrogens is 3. The van der Waals surface area contributed by atoms with E-state index in [0.29, 0.717) is 34.6 Å². The summed E-state index contributed by atoms with van der Waals surface area (Å²) in [5.41, 5.74) is 4.15. The highest BCUT2D eigenvalue weighted by molar-refractivity contribution is 7.13. The minimum atomic E-state index is -0.193. The fraction of sp³-hybridized carbons (Fsp3) is 0.158. The normalized spacial score (nSPS) is 11.0. The summed E-state index contributed by atoms with van der Waals surface area (Å²) in [6, 6.07) is 11.7. The summed E-state index contributed by atoms with van der Waals surface area (Å²) in [4.78, 5) is 21.5. The van der Waals surface area contributed by atoms with Crippen LogP contribution in [0.25, 0.3) is 21.7 Å². The molecule has 6 nitrogen and oxygen atoms in total. The first-order chi connectivity index (χ1) is 12.6. The van der Waals surface area contributed by atoms with E-state index in [4.69, 9.17) is 4.52 Å². The van der Waals surface area contributed by atoms with Crippen molar-refractivity contribution in [3.63, 3.8) is 0 Å². The highest BCUT2D eigenvalue weighted by Gasteiger charge is 2.18. The van der Waals surface area contributed by atoms with Gasteiger partial charge in [-0.15, -0.1) is 11.3 Å². The van der Waals surface area contributed by atoms with Crippen LogP contribution in [0.3, 0.4) is 0 Å². The van der Waals surface area contributed by atoms with Crippen molar-refractivity contribution in [3.05, 3.63) is 64.4 Å². The summed E-state index contributed by atoms with van der Waals surface area (Å²) < 4.78 is 5.18. The summed E-state index contributed by atoms with van der Waals surface area (Å²) in [6.07, 6.45) is 0. The van der Waals surface area contributed by atoms with Crippen LogP contribution in [0.15, 0.2) is 46.3 Å². The SMILES string of the molecule is Cc1cc(C(=O)NCc2csc(-c3ccccc3)n2)c2c(C)noc2n1. The number of benzene rings is 1. The first kappa shape index (κ1) is 16.4. The molecular formula is C19H16N4O2S. The van der Waals surface area contributed by atoms with Crippen LogP contribution in [-0.2, 0) is 6.54 Å². The number of nitrogens with zero attached hydrogens (tertiary/aromatic N) is 3. The van der Waals surface area contributed by atoms with E-state index in [2.05, 4.69) is 20.4 Å². The van der Waals surface area contributed by atoms with Crippen LogP contribution in [0.5, 0.6) is 0 Å². The zero-order valence-electron chi connectivity index (χ0n) is 14.3. The van der Waals surface area contributed by atoms with Crippen molar-refractivity contribution in [1.82, 2.24) is 20.4 Å². The molecule has 0 radical (unpaired) electrons. The lowest BCUT2D eigenvalue weighted by atomic mass is 10.1. The van der Waals surface area contributed by atoms with Gasteiger partial charge < -0.3 is 9.84 Å². The first-order valence-corrected chi connectivity index (χ1v) is 9.01. The third-order valence-electron chi connectivity index (χ3n) is 3.99. The fourth-order valence-corrected chi connectivity index (χ4v) is 3.59. The lowest BCUT2D eigenvalue weighted by Gasteiger charge is -2.05. The molecule has 3 heterocycles. The quantitative estimate of drug-likeness (QED) is 0.594. The number of pyridine rings is 1. The van der Waals surface area contributed by atoms with Gasteiger partial charge in [-0.05, 0) is 19.9 Å². The van der Waals surface area contributed by atoms with Crippen molar-refractivity contribution in [2.24, 2.45) is 0 Å². The van der Waals surface area contributed by atoms with Crippen LogP contribution >= 0.6 is 11.3 Å². The maximum Gasteiger partial charge on any atom is 0.258 e. The van der Waals surface area contributed by atoms with Gasteiger partial charge in [0.25, 0.3) is 11.6 Å². The molecule has 0 fully saturated rings. The Balaban J connectivity index is 1.53. The van der Waals surface area contributed by atoms with Crippen molar-refractivity contribution in [2.75, 3.05) is 0 Å². The highest BCUT2D eigenvalue weighted by Crippen LogP contribution is 2.24. The van der Waals surface area contributed by atoms with Crippen LogP contribution in [0.1, 0.15) is 27.4 Å². The Kier molecular flexibility index (Phi) is 4.22. The summed E-state index contributed by atoms with van der Waals surface area (Å²) >= 11 is 1.56. The van der Waals surface area contributed by atoms with E-state index in [-0.39, 0.29) is 5.91 Å². The van der Waals surface area contributed by atoms with Gasteiger partial charge in [0.15, 0.2) is 0 Å². The highest BCUT2D eigenvalue weighted by atomic mass is 32.1. The standard InChI is InChI=1S/C19H16N4O2S/c1-11-8-15(16-12(2)23-25-18(16)21-11)17(24)20-9-14-10-26-19(22-14)13-6-4-3-5-7-13/h3-8,10H,9H2,1-2H3,(H,20,24). The molecule has 0 saturated carbocycles. The molecule has 7 heteroatoms. The Morgan fingerprint density at radius 3 is 2.81 bits per heavy atom. The molecule has 130 valence electrons. The van der Waals surface area contributed by atoms with Crippen LogP contribution in [-0.4, -0.2) is 21.0 Å². The Bertz CT molecular complexity index is 1090. The van der Waals surface area contributed by atoms with Crippen molar-refractivity contribution in [1.29, 1.82) is 0 Å². The third kappa shape index (κ3) is 3.09. The monoisotopic (exact) mass is 364 g/mol. The topological polar surface area (TPSA) is 80.9 Å². The third-order valence-corrected chi connectivity index (χ3v) is 4.93. The van der Waals surface area contributed by atoms with E-state index in [0.717, 1.165) is 16.3 Å². The molecule has 0 aliphatic carbocycles. The van der Waals surface area contributed by atoms with E-state index in [1.807, 2.05) is 42.6 Å². The molecular weight excluding hydrogens is 348 g/mol. The summed E-state index contributed by atoms with van der Waals surface area (Å²) in [6.45, 7) is 3.97. The summed E-state index contributed by atoms with van der Waals surface area (Å²) in [5.74, 6) is -0.193. The summed E-state index contributed by atoms with van der Waals surface area (Å²) in [7, 11) is 0. The molecule has 4 rings (SSSR count). The summed E-state index contributed by atoms with van der Waals surface area (Å²) in [5, 5.41) is 10.4. The van der Waals surface area contributed by atoms with Gasteiger partial charge in [-0.3, -0.25) is 4.79 Å². The van der Waals surface area contributed by atoms with Crippen LogP contribution < -0.4 is 5.32 Å². The minimum absolute atomic E-state index is 0.193. The molecule has 0 saturated heterocycles. The molecule has 0 bridgehead atoms. The molecule has 26 heavy (non-hydrogen) atoms. The van der Waals surface area contributed by atoms with Crippen molar-refractivity contribution >= 4 is 28.3 Å². The van der Waals surface area contributed by atoms with Crippen LogP contribution in [0.2, 0.25) is 0 Å². The van der Waals surface area contributed by atoms with E-state index < -0.39 is 0 Å². The number of rotatable bonds is 4. The number of carbonyl (C=O) groups is 1. The van der Waals surface area contributed by atoms with Gasteiger partial charge in [-0.2, -0.15) is 0 Å². The largest absolute Gasteiger partial charge is 0.346 e. The van der Waals surface area contributed by atoms with Gasteiger partial charge in [0.2, 0.25) is 0 Å². The van der Waals surface area contributed by atoms with Gasteiger partial charge in [0, 0.05) is 16.6 Å². The molecule has 1 aromatic carbocycles. The zero-order valence-corrected chi connectivity index (χ0v) is 15.1.